The van der Waals surface area contributed by atoms with Gasteiger partial charge in [0.25, 0.3) is 0 Å². The predicted molar refractivity (Wildman–Crippen MR) is 118 cm³/mol. The number of para-hydroxylation sites is 2. The Labute approximate surface area is 175 Å². The van der Waals surface area contributed by atoms with Gasteiger partial charge in [-0.1, -0.05) is 24.3 Å². The number of aromatic nitrogens is 2. The molecule has 0 amide bonds. The summed E-state index contributed by atoms with van der Waals surface area (Å²) < 4.78 is 5.74. The van der Waals surface area contributed by atoms with Gasteiger partial charge < -0.3 is 4.74 Å². The standard InChI is InChI=1S/C26H22N2O2/c29-26(21-10-9-18-5-1-2-6-20(18)15-21)17-30-22-13-11-19(12-14-22)25-16-27-23-7-3-4-8-24(23)28-25/h3-4,7-16H,1-2,5-6,17H2. The van der Waals surface area contributed by atoms with E-state index < -0.39 is 0 Å². The van der Waals surface area contributed by atoms with E-state index >= 15 is 0 Å². The average molecular weight is 394 g/mol. The lowest BCUT2D eigenvalue weighted by molar-refractivity contribution is 0.0921. The summed E-state index contributed by atoms with van der Waals surface area (Å²) in [5.74, 6) is 0.673. The summed E-state index contributed by atoms with van der Waals surface area (Å²) in [7, 11) is 0. The van der Waals surface area contributed by atoms with E-state index in [1.54, 1.807) is 6.20 Å². The maximum absolute atomic E-state index is 12.6. The second-order valence-corrected chi connectivity index (χ2v) is 7.67. The highest BCUT2D eigenvalue weighted by atomic mass is 16.5. The Morgan fingerprint density at radius 1 is 0.867 bits per heavy atom. The van der Waals surface area contributed by atoms with Crippen molar-refractivity contribution in [3.63, 3.8) is 0 Å². The van der Waals surface area contributed by atoms with Gasteiger partial charge in [-0.3, -0.25) is 9.78 Å². The lowest BCUT2D eigenvalue weighted by atomic mass is 9.90. The molecule has 4 heteroatoms. The maximum atomic E-state index is 12.6. The largest absolute Gasteiger partial charge is 0.485 e. The van der Waals surface area contributed by atoms with Gasteiger partial charge in [0.05, 0.1) is 22.9 Å². The van der Waals surface area contributed by atoms with Crippen LogP contribution in [0.15, 0.2) is 72.9 Å². The molecule has 0 saturated heterocycles. The second kappa shape index (κ2) is 8.07. The number of rotatable bonds is 5. The van der Waals surface area contributed by atoms with Gasteiger partial charge in [-0.25, -0.2) is 4.98 Å². The van der Waals surface area contributed by atoms with Crippen LogP contribution in [-0.2, 0) is 12.8 Å². The van der Waals surface area contributed by atoms with Crippen molar-refractivity contribution in [1.82, 2.24) is 9.97 Å². The van der Waals surface area contributed by atoms with Crippen molar-refractivity contribution in [3.8, 4) is 17.0 Å². The van der Waals surface area contributed by atoms with Crippen LogP contribution in [0.4, 0.5) is 0 Å². The molecule has 148 valence electrons. The number of Topliss-reactive ketones (excluding diaryl/α,β-unsaturated/α-hetero) is 1. The third kappa shape index (κ3) is 3.81. The molecule has 4 nitrogen and oxygen atoms in total. The molecular formula is C26H22N2O2. The molecule has 0 unspecified atom stereocenters. The number of carbonyl (C=O) groups is 1. The summed E-state index contributed by atoms with van der Waals surface area (Å²) in [5, 5.41) is 0. The van der Waals surface area contributed by atoms with Crippen LogP contribution in [-0.4, -0.2) is 22.4 Å². The first-order chi connectivity index (χ1) is 14.8. The summed E-state index contributed by atoms with van der Waals surface area (Å²) in [6.45, 7) is 0.0356. The molecule has 1 aliphatic carbocycles. The van der Waals surface area contributed by atoms with Crippen molar-refractivity contribution in [2.75, 3.05) is 6.61 Å². The predicted octanol–water partition coefficient (Wildman–Crippen LogP) is 5.44. The quantitative estimate of drug-likeness (QED) is 0.423. The van der Waals surface area contributed by atoms with Gasteiger partial charge in [-0.2, -0.15) is 0 Å². The highest BCUT2D eigenvalue weighted by Gasteiger charge is 2.13. The molecule has 0 fully saturated rings. The molecule has 0 spiro atoms. The van der Waals surface area contributed by atoms with Crippen molar-refractivity contribution >= 4 is 16.8 Å². The zero-order valence-corrected chi connectivity index (χ0v) is 16.7. The van der Waals surface area contributed by atoms with E-state index in [1.165, 1.54) is 24.0 Å². The van der Waals surface area contributed by atoms with Gasteiger partial charge >= 0.3 is 0 Å². The molecule has 1 aromatic heterocycles. The van der Waals surface area contributed by atoms with E-state index in [-0.39, 0.29) is 12.4 Å². The van der Waals surface area contributed by atoms with Crippen LogP contribution in [0.3, 0.4) is 0 Å². The highest BCUT2D eigenvalue weighted by Crippen LogP contribution is 2.24. The minimum atomic E-state index is 0.00726. The fraction of sp³-hybridized carbons (Fsp3) is 0.192. The SMILES string of the molecule is O=C(COc1ccc(-c2cnc3ccccc3n2)cc1)c1ccc2c(c1)CCCC2. The van der Waals surface area contributed by atoms with E-state index in [4.69, 9.17) is 4.74 Å². The molecule has 5 rings (SSSR count). The zero-order valence-electron chi connectivity index (χ0n) is 16.7. The number of carbonyl (C=O) groups excluding carboxylic acids is 1. The molecule has 4 aromatic rings. The van der Waals surface area contributed by atoms with E-state index in [9.17, 15) is 4.79 Å². The van der Waals surface area contributed by atoms with Crippen LogP contribution in [0.5, 0.6) is 5.75 Å². The number of aryl methyl sites for hydroxylation is 2. The summed E-state index contributed by atoms with van der Waals surface area (Å²) >= 11 is 0. The Morgan fingerprint density at radius 2 is 1.63 bits per heavy atom. The van der Waals surface area contributed by atoms with Crippen molar-refractivity contribution in [2.24, 2.45) is 0 Å². The Kier molecular flexibility index (Phi) is 4.98. The molecule has 1 heterocycles. The van der Waals surface area contributed by atoms with Crippen LogP contribution in [0.1, 0.15) is 34.3 Å². The van der Waals surface area contributed by atoms with E-state index in [0.717, 1.165) is 40.7 Å². The lowest BCUT2D eigenvalue weighted by Gasteiger charge is -2.16. The summed E-state index contributed by atoms with van der Waals surface area (Å²) in [5.41, 5.74) is 6.94. The Balaban J connectivity index is 1.26. The van der Waals surface area contributed by atoms with Gasteiger partial charge in [0.15, 0.2) is 12.4 Å². The Hall–Kier alpha value is -3.53. The van der Waals surface area contributed by atoms with Crippen LogP contribution >= 0.6 is 0 Å². The lowest BCUT2D eigenvalue weighted by Crippen LogP contribution is -2.13. The highest BCUT2D eigenvalue weighted by molar-refractivity contribution is 5.97. The van der Waals surface area contributed by atoms with Gasteiger partial charge in [0, 0.05) is 11.1 Å². The smallest absolute Gasteiger partial charge is 0.200 e. The van der Waals surface area contributed by atoms with Crippen LogP contribution < -0.4 is 4.74 Å². The molecule has 0 bridgehead atoms. The first-order valence-corrected chi connectivity index (χ1v) is 10.4. The number of hydrogen-bond acceptors (Lipinski definition) is 4. The van der Waals surface area contributed by atoms with Crippen molar-refractivity contribution in [3.05, 3.63) is 89.6 Å². The third-order valence-corrected chi connectivity index (χ3v) is 5.64. The fourth-order valence-corrected chi connectivity index (χ4v) is 3.96. The molecule has 1 aliphatic rings. The fourth-order valence-electron chi connectivity index (χ4n) is 3.96. The first-order valence-electron chi connectivity index (χ1n) is 10.4. The van der Waals surface area contributed by atoms with Crippen molar-refractivity contribution in [2.45, 2.75) is 25.7 Å². The molecule has 3 aromatic carbocycles. The Bertz CT molecular complexity index is 1220. The summed E-state index contributed by atoms with van der Waals surface area (Å²) in [6.07, 6.45) is 6.40. The first kappa shape index (κ1) is 18.5. The molecule has 30 heavy (non-hydrogen) atoms. The van der Waals surface area contributed by atoms with E-state index in [2.05, 4.69) is 16.0 Å². The monoisotopic (exact) mass is 394 g/mol. The number of benzene rings is 3. The topological polar surface area (TPSA) is 52.1 Å². The molecule has 0 atom stereocenters. The van der Waals surface area contributed by atoms with Gasteiger partial charge in [-0.15, -0.1) is 0 Å². The number of hydrogen-bond donors (Lipinski definition) is 0. The average Bonchev–Trinajstić information content (AvgIpc) is 2.82. The van der Waals surface area contributed by atoms with E-state index in [1.807, 2.05) is 60.7 Å². The number of ketones is 1. The molecule has 0 aliphatic heterocycles. The van der Waals surface area contributed by atoms with Crippen molar-refractivity contribution < 1.29 is 9.53 Å². The number of fused-ring (bicyclic) bond motifs is 2. The van der Waals surface area contributed by atoms with Gasteiger partial charge in [-0.05, 0) is 79.3 Å². The third-order valence-electron chi connectivity index (χ3n) is 5.64. The molecular weight excluding hydrogens is 372 g/mol. The normalized spacial score (nSPS) is 13.1. The van der Waals surface area contributed by atoms with Crippen LogP contribution in [0.25, 0.3) is 22.3 Å². The molecule has 0 radical (unpaired) electrons. The van der Waals surface area contributed by atoms with Crippen LogP contribution in [0, 0.1) is 0 Å². The maximum Gasteiger partial charge on any atom is 0.200 e. The van der Waals surface area contributed by atoms with E-state index in [0.29, 0.717) is 5.75 Å². The molecule has 0 saturated carbocycles. The van der Waals surface area contributed by atoms with Crippen molar-refractivity contribution in [1.29, 1.82) is 0 Å². The zero-order chi connectivity index (χ0) is 20.3. The van der Waals surface area contributed by atoms with Crippen LogP contribution in [0.2, 0.25) is 0 Å². The van der Waals surface area contributed by atoms with Gasteiger partial charge in [0.1, 0.15) is 5.75 Å². The molecule has 0 N–H and O–H groups in total. The minimum absolute atomic E-state index is 0.00726. The minimum Gasteiger partial charge on any atom is -0.485 e. The second-order valence-electron chi connectivity index (χ2n) is 7.67. The van der Waals surface area contributed by atoms with Gasteiger partial charge in [0.2, 0.25) is 0 Å². The number of nitrogens with zero attached hydrogens (tertiary/aromatic N) is 2. The number of ether oxygens (including phenoxy) is 1. The summed E-state index contributed by atoms with van der Waals surface area (Å²) in [6, 6.07) is 21.5. The summed E-state index contributed by atoms with van der Waals surface area (Å²) in [4.78, 5) is 21.7. The Morgan fingerprint density at radius 3 is 2.47 bits per heavy atom.